The summed E-state index contributed by atoms with van der Waals surface area (Å²) in [4.78, 5) is 27.3. The van der Waals surface area contributed by atoms with E-state index in [0.717, 1.165) is 22.3 Å². The van der Waals surface area contributed by atoms with E-state index in [0.29, 0.717) is 48.5 Å². The molecule has 4 aromatic carbocycles. The van der Waals surface area contributed by atoms with Gasteiger partial charge in [-0.3, -0.25) is 9.59 Å². The minimum absolute atomic E-state index is 0.0499. The molecular formula is C38H33N3O2. The lowest BCUT2D eigenvalue weighted by Crippen LogP contribution is -2.56. The molecule has 0 aromatic heterocycles. The van der Waals surface area contributed by atoms with Crippen LogP contribution in [0.4, 0.5) is 0 Å². The zero-order valence-corrected chi connectivity index (χ0v) is 23.9. The number of carbonyl (C=O) groups is 2. The summed E-state index contributed by atoms with van der Waals surface area (Å²) < 4.78 is 0. The van der Waals surface area contributed by atoms with Gasteiger partial charge in [0.05, 0.1) is 0 Å². The predicted octanol–water partition coefficient (Wildman–Crippen LogP) is 6.51. The average molecular weight is 564 g/mol. The zero-order chi connectivity index (χ0) is 29.4. The highest BCUT2D eigenvalue weighted by molar-refractivity contribution is 6.15. The van der Waals surface area contributed by atoms with Crippen molar-refractivity contribution in [2.75, 3.05) is 26.2 Å². The number of nitrogens with one attached hydrogen (secondary N) is 1. The first-order valence-electron chi connectivity index (χ1n) is 14.5. The lowest BCUT2D eigenvalue weighted by Gasteiger charge is -2.37. The van der Waals surface area contributed by atoms with E-state index in [1.54, 1.807) is 0 Å². The zero-order valence-electron chi connectivity index (χ0n) is 23.9. The van der Waals surface area contributed by atoms with Crippen LogP contribution in [0.5, 0.6) is 0 Å². The maximum atomic E-state index is 13.7. The molecule has 0 amide bonds. The van der Waals surface area contributed by atoms with Crippen molar-refractivity contribution in [3.05, 3.63) is 166 Å². The molecule has 0 spiro atoms. The first-order chi connectivity index (χ1) is 21.1. The van der Waals surface area contributed by atoms with Crippen LogP contribution in [0.2, 0.25) is 0 Å². The first kappa shape index (κ1) is 28.2. The quantitative estimate of drug-likeness (QED) is 0.271. The topological polar surface area (TPSA) is 52.7 Å². The van der Waals surface area contributed by atoms with E-state index in [1.807, 2.05) is 146 Å². The van der Waals surface area contributed by atoms with Gasteiger partial charge < -0.3 is 0 Å². The molecule has 6 rings (SSSR count). The summed E-state index contributed by atoms with van der Waals surface area (Å²) in [7, 11) is 0. The molecule has 5 nitrogen and oxygen atoms in total. The van der Waals surface area contributed by atoms with Gasteiger partial charge in [0.15, 0.2) is 11.6 Å². The number of hydrogen-bond donors (Lipinski definition) is 1. The van der Waals surface area contributed by atoms with Crippen LogP contribution in [0.25, 0.3) is 24.3 Å². The number of benzene rings is 4. The Hall–Kier alpha value is -4.94. The number of carbonyl (C=O) groups excluding carboxylic acids is 2. The second-order valence-corrected chi connectivity index (χ2v) is 10.8. The number of ketones is 2. The van der Waals surface area contributed by atoms with Crippen LogP contribution in [0.3, 0.4) is 0 Å². The van der Waals surface area contributed by atoms with Crippen molar-refractivity contribution in [1.82, 2.24) is 15.6 Å². The summed E-state index contributed by atoms with van der Waals surface area (Å²) in [6.45, 7) is 1.72. The Morgan fingerprint density at radius 1 is 0.395 bits per heavy atom. The molecule has 2 aliphatic rings. The van der Waals surface area contributed by atoms with Crippen molar-refractivity contribution in [2.24, 2.45) is 0 Å². The fourth-order valence-corrected chi connectivity index (χ4v) is 5.42. The molecule has 43 heavy (non-hydrogen) atoms. The van der Waals surface area contributed by atoms with E-state index >= 15 is 0 Å². The molecule has 2 saturated heterocycles. The molecule has 212 valence electrons. The summed E-state index contributed by atoms with van der Waals surface area (Å²) in [5.41, 5.74) is 10.3. The third-order valence-electron chi connectivity index (χ3n) is 7.46. The van der Waals surface area contributed by atoms with Gasteiger partial charge in [0.1, 0.15) is 0 Å². The van der Waals surface area contributed by atoms with Gasteiger partial charge in [0.2, 0.25) is 0 Å². The molecule has 2 fully saturated rings. The van der Waals surface area contributed by atoms with E-state index in [9.17, 15) is 9.59 Å². The second-order valence-electron chi connectivity index (χ2n) is 10.8. The van der Waals surface area contributed by atoms with Crippen LogP contribution >= 0.6 is 0 Å². The van der Waals surface area contributed by atoms with Gasteiger partial charge >= 0.3 is 0 Å². The van der Waals surface area contributed by atoms with Gasteiger partial charge in [-0.05, 0) is 46.6 Å². The molecule has 2 aliphatic heterocycles. The minimum Gasteiger partial charge on any atom is -0.289 e. The average Bonchev–Trinajstić information content (AvgIpc) is 3.04. The maximum absolute atomic E-state index is 13.7. The second kappa shape index (κ2) is 13.4. The first-order valence-corrected chi connectivity index (χ1v) is 14.5. The Morgan fingerprint density at radius 2 is 0.628 bits per heavy atom. The summed E-state index contributed by atoms with van der Waals surface area (Å²) in [6, 6.07) is 39.7. The van der Waals surface area contributed by atoms with E-state index in [1.165, 1.54) is 0 Å². The number of hydrogen-bond acceptors (Lipinski definition) is 5. The standard InChI is InChI=1S/C38H33N3O2/c42-37-33(21-29-13-5-1-6-14-29)25-40(26-34(37)22-30-15-7-2-8-16-30)39-41-27-35(23-31-17-9-3-10-18-31)38(43)36(28-41)24-32-19-11-4-12-20-32/h1-24,39H,25-28H2. The van der Waals surface area contributed by atoms with E-state index in [4.69, 9.17) is 0 Å². The predicted molar refractivity (Wildman–Crippen MR) is 174 cm³/mol. The van der Waals surface area contributed by atoms with Gasteiger partial charge in [-0.1, -0.05) is 121 Å². The summed E-state index contributed by atoms with van der Waals surface area (Å²) in [6.07, 6.45) is 7.87. The molecule has 5 heteroatoms. The monoisotopic (exact) mass is 563 g/mol. The minimum atomic E-state index is 0.0499. The Morgan fingerprint density at radius 3 is 0.860 bits per heavy atom. The van der Waals surface area contributed by atoms with Crippen molar-refractivity contribution in [3.63, 3.8) is 0 Å². The number of hydrazine groups is 2. The Bertz CT molecular complexity index is 1450. The van der Waals surface area contributed by atoms with Crippen LogP contribution in [0.1, 0.15) is 22.3 Å². The summed E-state index contributed by atoms with van der Waals surface area (Å²) >= 11 is 0. The molecule has 4 aromatic rings. The van der Waals surface area contributed by atoms with Crippen molar-refractivity contribution in [2.45, 2.75) is 0 Å². The molecule has 0 aliphatic carbocycles. The number of rotatable bonds is 6. The van der Waals surface area contributed by atoms with Crippen LogP contribution in [0.15, 0.2) is 144 Å². The molecule has 1 N–H and O–H groups in total. The van der Waals surface area contributed by atoms with Crippen molar-refractivity contribution in [3.8, 4) is 0 Å². The summed E-state index contributed by atoms with van der Waals surface area (Å²) in [5.74, 6) is 0.0998. The number of piperidine rings is 2. The Balaban J connectivity index is 1.32. The van der Waals surface area contributed by atoms with Gasteiger partial charge in [-0.25, -0.2) is 10.0 Å². The molecule has 0 bridgehead atoms. The highest BCUT2D eigenvalue weighted by Gasteiger charge is 2.31. The molecule has 0 unspecified atom stereocenters. The van der Waals surface area contributed by atoms with Crippen molar-refractivity contribution in [1.29, 1.82) is 0 Å². The highest BCUT2D eigenvalue weighted by Crippen LogP contribution is 2.24. The van der Waals surface area contributed by atoms with Gasteiger partial charge in [-0.2, -0.15) is 5.53 Å². The Kier molecular flexibility index (Phi) is 8.76. The SMILES string of the molecule is O=C1C(=Cc2ccccc2)CN(NN2CC(=Cc3ccccc3)C(=O)C(=Cc3ccccc3)C2)CC1=Cc1ccccc1. The molecule has 0 atom stereocenters. The normalized spacial score (nSPS) is 20.4. The molecule has 0 radical (unpaired) electrons. The number of Topliss-reactive ketones (excluding diaryl/α,β-unsaturated/α-hetero) is 2. The largest absolute Gasteiger partial charge is 0.289 e. The third kappa shape index (κ3) is 7.29. The smallest absolute Gasteiger partial charge is 0.187 e. The van der Waals surface area contributed by atoms with Crippen LogP contribution < -0.4 is 5.53 Å². The Labute approximate surface area is 252 Å². The molecule has 2 heterocycles. The molecule has 0 saturated carbocycles. The van der Waals surface area contributed by atoms with Gasteiger partial charge in [0.25, 0.3) is 0 Å². The van der Waals surface area contributed by atoms with Crippen molar-refractivity contribution < 1.29 is 9.59 Å². The highest BCUT2D eigenvalue weighted by atomic mass is 16.1. The van der Waals surface area contributed by atoms with Crippen LogP contribution in [-0.2, 0) is 9.59 Å². The van der Waals surface area contributed by atoms with E-state index in [2.05, 4.69) is 15.6 Å². The fraction of sp³-hybridized carbons (Fsp3) is 0.105. The lowest BCUT2D eigenvalue weighted by molar-refractivity contribution is -0.115. The van der Waals surface area contributed by atoms with E-state index < -0.39 is 0 Å². The van der Waals surface area contributed by atoms with Crippen LogP contribution in [-0.4, -0.2) is 47.8 Å². The van der Waals surface area contributed by atoms with E-state index in [-0.39, 0.29) is 11.6 Å². The third-order valence-corrected chi connectivity index (χ3v) is 7.46. The molecular weight excluding hydrogens is 530 g/mol. The fourth-order valence-electron chi connectivity index (χ4n) is 5.42. The number of nitrogens with zero attached hydrogens (tertiary/aromatic N) is 2. The van der Waals surface area contributed by atoms with Crippen LogP contribution in [0, 0.1) is 0 Å². The maximum Gasteiger partial charge on any atom is 0.187 e. The summed E-state index contributed by atoms with van der Waals surface area (Å²) in [5, 5.41) is 4.11. The lowest BCUT2D eigenvalue weighted by atomic mass is 9.94. The van der Waals surface area contributed by atoms with Gasteiger partial charge in [0, 0.05) is 48.5 Å². The van der Waals surface area contributed by atoms with Gasteiger partial charge in [-0.15, -0.1) is 0 Å². The van der Waals surface area contributed by atoms with Crippen molar-refractivity contribution >= 4 is 35.9 Å².